The van der Waals surface area contributed by atoms with E-state index < -0.39 is 0 Å². The van der Waals surface area contributed by atoms with Gasteiger partial charge in [-0.25, -0.2) is 4.98 Å². The zero-order valence-corrected chi connectivity index (χ0v) is 10.4. The van der Waals surface area contributed by atoms with E-state index in [9.17, 15) is 0 Å². The normalized spacial score (nSPS) is 10.5. The molecule has 1 N–H and O–H groups in total. The van der Waals surface area contributed by atoms with Crippen LogP contribution >= 0.6 is 27.3 Å². The molecule has 0 aromatic carbocycles. The molecule has 0 amide bonds. The Balaban J connectivity index is 1.81. The van der Waals surface area contributed by atoms with Crippen molar-refractivity contribution in [3.63, 3.8) is 0 Å². The molecule has 0 aliphatic rings. The van der Waals surface area contributed by atoms with Gasteiger partial charge in [-0.05, 0) is 28.1 Å². The van der Waals surface area contributed by atoms with E-state index in [1.807, 2.05) is 23.0 Å². The highest BCUT2D eigenvalue weighted by Gasteiger charge is 1.96. The Morgan fingerprint density at radius 2 is 2.07 bits per heavy atom. The lowest BCUT2D eigenvalue weighted by atomic mass is 10.3. The smallest absolute Gasteiger partial charge is 0.0795 e. The lowest BCUT2D eigenvalue weighted by molar-refractivity contribution is 0.670. The number of hydrogen-bond donors (Lipinski definition) is 1. The van der Waals surface area contributed by atoms with Crippen LogP contribution in [-0.2, 0) is 13.1 Å². The molecule has 0 atom stereocenters. The summed E-state index contributed by atoms with van der Waals surface area (Å²) in [5.74, 6) is 0. The zero-order chi connectivity index (χ0) is 10.5. The molecule has 0 unspecified atom stereocenters. The molecule has 78 valence electrons. The van der Waals surface area contributed by atoms with Crippen LogP contribution in [0.1, 0.15) is 11.4 Å². The van der Waals surface area contributed by atoms with Crippen LogP contribution in [0.2, 0.25) is 0 Å². The molecule has 0 saturated carbocycles. The lowest BCUT2D eigenvalue weighted by Crippen LogP contribution is -2.13. The van der Waals surface area contributed by atoms with E-state index in [2.05, 4.69) is 31.2 Å². The minimum Gasteiger partial charge on any atom is -0.305 e. The fourth-order valence-electron chi connectivity index (χ4n) is 1.15. The van der Waals surface area contributed by atoms with Crippen LogP contribution in [0.15, 0.2) is 33.7 Å². The summed E-state index contributed by atoms with van der Waals surface area (Å²) >= 11 is 4.97. The van der Waals surface area contributed by atoms with Gasteiger partial charge in [-0.2, -0.15) is 0 Å². The second kappa shape index (κ2) is 5.34. The summed E-state index contributed by atoms with van der Waals surface area (Å²) in [5, 5.41) is 5.33. The van der Waals surface area contributed by atoms with Crippen molar-refractivity contribution in [3.05, 3.63) is 45.1 Å². The molecule has 2 rings (SSSR count). The van der Waals surface area contributed by atoms with Gasteiger partial charge in [-0.1, -0.05) is 0 Å². The molecule has 0 fully saturated rings. The number of halogens is 1. The van der Waals surface area contributed by atoms with Crippen LogP contribution in [0.5, 0.6) is 0 Å². The molecule has 0 bridgehead atoms. The van der Waals surface area contributed by atoms with Gasteiger partial charge >= 0.3 is 0 Å². The minimum absolute atomic E-state index is 0.769. The van der Waals surface area contributed by atoms with Crippen LogP contribution in [0, 0.1) is 0 Å². The number of nitrogens with one attached hydrogen (secondary N) is 1. The Morgan fingerprint density at radius 1 is 1.20 bits per heavy atom. The van der Waals surface area contributed by atoms with Gasteiger partial charge in [0.15, 0.2) is 0 Å². The largest absolute Gasteiger partial charge is 0.305 e. The van der Waals surface area contributed by atoms with Crippen LogP contribution < -0.4 is 5.32 Å². The topological polar surface area (TPSA) is 37.8 Å². The molecule has 2 aromatic heterocycles. The summed E-state index contributed by atoms with van der Waals surface area (Å²) < 4.78 is 1.01. The minimum atomic E-state index is 0.769. The summed E-state index contributed by atoms with van der Waals surface area (Å²) in [5.41, 5.74) is 3.96. The van der Waals surface area contributed by atoms with Gasteiger partial charge in [-0.3, -0.25) is 4.98 Å². The first-order valence-corrected chi connectivity index (χ1v) is 6.26. The molecule has 0 aliphatic carbocycles. The van der Waals surface area contributed by atoms with E-state index in [-0.39, 0.29) is 0 Å². The average molecular weight is 284 g/mol. The maximum Gasteiger partial charge on any atom is 0.0795 e. The maximum atomic E-state index is 4.27. The van der Waals surface area contributed by atoms with E-state index >= 15 is 0 Å². The molecule has 0 spiro atoms. The van der Waals surface area contributed by atoms with Gasteiger partial charge < -0.3 is 5.32 Å². The van der Waals surface area contributed by atoms with Crippen molar-refractivity contribution in [3.8, 4) is 0 Å². The third-order valence-electron chi connectivity index (χ3n) is 1.88. The summed E-state index contributed by atoms with van der Waals surface area (Å²) in [6.07, 6.45) is 1.81. The SMILES string of the molecule is Brc1ccc(CNCc2cscn2)nc1. The molecule has 15 heavy (non-hydrogen) atoms. The molecule has 5 heteroatoms. The molecule has 0 saturated heterocycles. The highest BCUT2D eigenvalue weighted by atomic mass is 79.9. The first-order valence-electron chi connectivity index (χ1n) is 4.53. The number of pyridine rings is 1. The van der Waals surface area contributed by atoms with Gasteiger partial charge in [0.05, 0.1) is 16.9 Å². The van der Waals surface area contributed by atoms with Crippen LogP contribution in [0.4, 0.5) is 0 Å². The molecule has 2 heterocycles. The second-order valence-corrected chi connectivity index (χ2v) is 4.69. The quantitative estimate of drug-likeness (QED) is 0.937. The number of rotatable bonds is 4. The average Bonchev–Trinajstić information content (AvgIpc) is 2.74. The Kier molecular flexibility index (Phi) is 3.82. The molecule has 0 aliphatic heterocycles. The van der Waals surface area contributed by atoms with Gasteiger partial charge in [0.25, 0.3) is 0 Å². The fraction of sp³-hybridized carbons (Fsp3) is 0.200. The van der Waals surface area contributed by atoms with E-state index in [1.54, 1.807) is 17.5 Å². The van der Waals surface area contributed by atoms with E-state index in [0.29, 0.717) is 0 Å². The van der Waals surface area contributed by atoms with Crippen molar-refractivity contribution in [2.45, 2.75) is 13.1 Å². The second-order valence-electron chi connectivity index (χ2n) is 3.05. The van der Waals surface area contributed by atoms with Gasteiger partial charge in [0, 0.05) is 29.1 Å². The molecule has 3 nitrogen and oxygen atoms in total. The molecule has 0 radical (unpaired) electrons. The zero-order valence-electron chi connectivity index (χ0n) is 7.98. The fourth-order valence-corrected chi connectivity index (χ4v) is 1.95. The lowest BCUT2D eigenvalue weighted by Gasteiger charge is -2.01. The van der Waals surface area contributed by atoms with Crippen LogP contribution in [-0.4, -0.2) is 9.97 Å². The Bertz CT molecular complexity index is 399. The van der Waals surface area contributed by atoms with Crippen molar-refractivity contribution in [1.29, 1.82) is 0 Å². The molecular weight excluding hydrogens is 274 g/mol. The van der Waals surface area contributed by atoms with Crippen LogP contribution in [0.25, 0.3) is 0 Å². The number of hydrogen-bond acceptors (Lipinski definition) is 4. The van der Waals surface area contributed by atoms with Crippen molar-refractivity contribution in [2.75, 3.05) is 0 Å². The third kappa shape index (κ3) is 3.37. The highest BCUT2D eigenvalue weighted by Crippen LogP contribution is 2.07. The maximum absolute atomic E-state index is 4.27. The van der Waals surface area contributed by atoms with E-state index in [1.165, 1.54) is 0 Å². The summed E-state index contributed by atoms with van der Waals surface area (Å²) in [6.45, 7) is 1.56. The standard InChI is InChI=1S/C10H10BrN3S/c11-8-1-2-9(13-3-8)4-12-5-10-6-15-7-14-10/h1-3,6-7,12H,4-5H2. The third-order valence-corrected chi connectivity index (χ3v) is 2.99. The van der Waals surface area contributed by atoms with E-state index in [0.717, 1.165) is 29.0 Å². The van der Waals surface area contributed by atoms with E-state index in [4.69, 9.17) is 0 Å². The Morgan fingerprint density at radius 3 is 2.73 bits per heavy atom. The summed E-state index contributed by atoms with van der Waals surface area (Å²) in [4.78, 5) is 8.46. The van der Waals surface area contributed by atoms with Crippen molar-refractivity contribution in [1.82, 2.24) is 15.3 Å². The van der Waals surface area contributed by atoms with Crippen molar-refractivity contribution < 1.29 is 0 Å². The number of nitrogens with zero attached hydrogens (tertiary/aromatic N) is 2. The monoisotopic (exact) mass is 283 g/mol. The number of thiazole rings is 1. The first-order chi connectivity index (χ1) is 7.34. The first kappa shape index (κ1) is 10.7. The van der Waals surface area contributed by atoms with Gasteiger partial charge in [-0.15, -0.1) is 11.3 Å². The predicted octanol–water partition coefficient (Wildman–Crippen LogP) is 2.59. The Labute approximate surface area is 101 Å². The summed E-state index contributed by atoms with van der Waals surface area (Å²) in [6, 6.07) is 3.99. The van der Waals surface area contributed by atoms with Crippen LogP contribution in [0.3, 0.4) is 0 Å². The summed E-state index contributed by atoms with van der Waals surface area (Å²) in [7, 11) is 0. The molecular formula is C10H10BrN3S. The number of aromatic nitrogens is 2. The molecule has 2 aromatic rings. The van der Waals surface area contributed by atoms with Crippen molar-refractivity contribution >= 4 is 27.3 Å². The Hall–Kier alpha value is -0.780. The predicted molar refractivity (Wildman–Crippen MR) is 64.6 cm³/mol. The van der Waals surface area contributed by atoms with Crippen molar-refractivity contribution in [2.24, 2.45) is 0 Å². The van der Waals surface area contributed by atoms with Gasteiger partial charge in [0.1, 0.15) is 0 Å². The van der Waals surface area contributed by atoms with Gasteiger partial charge in [0.2, 0.25) is 0 Å². The highest BCUT2D eigenvalue weighted by molar-refractivity contribution is 9.10.